The third-order valence-corrected chi connectivity index (χ3v) is 5.00. The molecule has 0 spiro atoms. The highest BCUT2D eigenvalue weighted by Crippen LogP contribution is 2.22. The van der Waals surface area contributed by atoms with Crippen LogP contribution in [0, 0.1) is 6.92 Å². The molecule has 1 aromatic carbocycles. The fraction of sp³-hybridized carbons (Fsp3) is 0.214. The van der Waals surface area contributed by atoms with Gasteiger partial charge in [-0.2, -0.15) is 4.31 Å². The fourth-order valence-electron chi connectivity index (χ4n) is 1.89. The number of aryl methyl sites for hydroxylation is 1. The molecule has 2 N–H and O–H groups in total. The summed E-state index contributed by atoms with van der Waals surface area (Å²) in [6.45, 7) is 2.05. The topological polar surface area (TPSA) is 76.3 Å². The van der Waals surface area contributed by atoms with Crippen molar-refractivity contribution in [1.29, 1.82) is 0 Å². The third-order valence-electron chi connectivity index (χ3n) is 3.06. The first-order valence-corrected chi connectivity index (χ1v) is 7.56. The summed E-state index contributed by atoms with van der Waals surface area (Å²) in [4.78, 5) is 4.16. The molecule has 0 atom stereocenters. The van der Waals surface area contributed by atoms with Crippen molar-refractivity contribution in [2.24, 2.45) is 0 Å². The lowest BCUT2D eigenvalue weighted by Crippen LogP contribution is -2.27. The number of rotatable bonds is 4. The highest BCUT2D eigenvalue weighted by Gasteiger charge is 2.23. The minimum atomic E-state index is -3.56. The van der Waals surface area contributed by atoms with Crippen LogP contribution >= 0.6 is 0 Å². The van der Waals surface area contributed by atoms with Crippen LogP contribution in [0.4, 0.5) is 5.69 Å². The number of benzene rings is 1. The molecule has 0 saturated carbocycles. The minimum Gasteiger partial charge on any atom is -0.399 e. The van der Waals surface area contributed by atoms with E-state index < -0.39 is 10.0 Å². The average Bonchev–Trinajstić information content (AvgIpc) is 2.42. The normalized spacial score (nSPS) is 11.8. The van der Waals surface area contributed by atoms with Gasteiger partial charge in [0.05, 0.1) is 4.90 Å². The molecule has 0 amide bonds. The zero-order valence-corrected chi connectivity index (χ0v) is 12.3. The van der Waals surface area contributed by atoms with Gasteiger partial charge in [0.25, 0.3) is 0 Å². The Balaban J connectivity index is 2.32. The summed E-state index contributed by atoms with van der Waals surface area (Å²) in [5, 5.41) is 0. The van der Waals surface area contributed by atoms with E-state index in [0.29, 0.717) is 17.8 Å². The molecule has 6 heteroatoms. The van der Waals surface area contributed by atoms with Crippen LogP contribution < -0.4 is 5.73 Å². The summed E-state index contributed by atoms with van der Waals surface area (Å²) in [7, 11) is -2.00. The zero-order chi connectivity index (χ0) is 14.8. The van der Waals surface area contributed by atoms with Gasteiger partial charge in [0.15, 0.2) is 0 Å². The van der Waals surface area contributed by atoms with Crippen molar-refractivity contribution < 1.29 is 8.42 Å². The molecule has 0 saturated heterocycles. The Morgan fingerprint density at radius 2 is 1.85 bits per heavy atom. The molecule has 2 rings (SSSR count). The lowest BCUT2D eigenvalue weighted by Gasteiger charge is -2.18. The Morgan fingerprint density at radius 3 is 2.50 bits per heavy atom. The second kappa shape index (κ2) is 5.60. The number of nitrogen functional groups attached to an aromatic ring is 1. The van der Waals surface area contributed by atoms with Gasteiger partial charge in [-0.05, 0) is 42.3 Å². The van der Waals surface area contributed by atoms with E-state index in [0.717, 1.165) is 5.56 Å². The molecule has 1 heterocycles. The summed E-state index contributed by atoms with van der Waals surface area (Å²) in [5.74, 6) is 0. The minimum absolute atomic E-state index is 0.244. The number of aromatic nitrogens is 1. The van der Waals surface area contributed by atoms with Crippen molar-refractivity contribution >= 4 is 15.7 Å². The summed E-state index contributed by atoms with van der Waals surface area (Å²) in [5.41, 5.74) is 7.69. The van der Waals surface area contributed by atoms with Crippen molar-refractivity contribution in [1.82, 2.24) is 9.29 Å². The second-order valence-corrected chi connectivity index (χ2v) is 6.65. The number of pyridine rings is 1. The van der Waals surface area contributed by atoms with Crippen LogP contribution in [0.25, 0.3) is 0 Å². The molecule has 2 aromatic rings. The van der Waals surface area contributed by atoms with Crippen molar-refractivity contribution in [2.45, 2.75) is 18.4 Å². The van der Waals surface area contributed by atoms with Crippen LogP contribution in [0.5, 0.6) is 0 Å². The first-order valence-electron chi connectivity index (χ1n) is 6.12. The maximum Gasteiger partial charge on any atom is 0.243 e. The monoisotopic (exact) mass is 291 g/mol. The van der Waals surface area contributed by atoms with Crippen molar-refractivity contribution in [2.75, 3.05) is 12.8 Å². The van der Waals surface area contributed by atoms with Crippen molar-refractivity contribution in [3.05, 3.63) is 53.9 Å². The maximum absolute atomic E-state index is 12.6. The molecule has 20 heavy (non-hydrogen) atoms. The standard InChI is InChI=1S/C14H17N3O2S/c1-11-3-4-13(15)9-14(11)20(18,19)17(2)10-12-5-7-16-8-6-12/h3-9H,10,15H2,1-2H3. The summed E-state index contributed by atoms with van der Waals surface area (Å²) >= 11 is 0. The SMILES string of the molecule is Cc1ccc(N)cc1S(=O)(=O)N(C)Cc1ccncc1. The molecule has 0 radical (unpaired) electrons. The van der Waals surface area contributed by atoms with E-state index in [-0.39, 0.29) is 4.90 Å². The Morgan fingerprint density at radius 1 is 1.20 bits per heavy atom. The van der Waals surface area contributed by atoms with Crippen LogP contribution in [0.3, 0.4) is 0 Å². The smallest absolute Gasteiger partial charge is 0.243 e. The number of hydrogen-bond donors (Lipinski definition) is 1. The quantitative estimate of drug-likeness (QED) is 0.871. The van der Waals surface area contributed by atoms with Gasteiger partial charge in [-0.3, -0.25) is 4.98 Å². The highest BCUT2D eigenvalue weighted by atomic mass is 32.2. The lowest BCUT2D eigenvalue weighted by molar-refractivity contribution is 0.466. The summed E-state index contributed by atoms with van der Waals surface area (Å²) in [6.07, 6.45) is 3.28. The van der Waals surface area contributed by atoms with Crippen LogP contribution in [-0.4, -0.2) is 24.8 Å². The summed E-state index contributed by atoms with van der Waals surface area (Å²) < 4.78 is 26.4. The molecule has 0 fully saturated rings. The number of sulfonamides is 1. The molecular weight excluding hydrogens is 274 g/mol. The average molecular weight is 291 g/mol. The molecule has 0 aliphatic carbocycles. The van der Waals surface area contributed by atoms with Gasteiger partial charge in [-0.25, -0.2) is 8.42 Å². The van der Waals surface area contributed by atoms with E-state index in [1.165, 1.54) is 10.4 Å². The van der Waals surface area contributed by atoms with Crippen molar-refractivity contribution in [3.8, 4) is 0 Å². The molecule has 106 valence electrons. The van der Waals surface area contributed by atoms with Gasteiger partial charge in [0.2, 0.25) is 10.0 Å². The Kier molecular flexibility index (Phi) is 4.06. The van der Waals surface area contributed by atoms with E-state index >= 15 is 0 Å². The first-order chi connectivity index (χ1) is 9.41. The Hall–Kier alpha value is -1.92. The molecule has 0 aliphatic rings. The van der Waals surface area contributed by atoms with Crippen molar-refractivity contribution in [3.63, 3.8) is 0 Å². The van der Waals surface area contributed by atoms with Crippen LogP contribution in [0.1, 0.15) is 11.1 Å². The van der Waals surface area contributed by atoms with Gasteiger partial charge in [0, 0.05) is 31.7 Å². The molecule has 0 aliphatic heterocycles. The van der Waals surface area contributed by atoms with E-state index in [2.05, 4.69) is 4.98 Å². The maximum atomic E-state index is 12.6. The molecule has 0 bridgehead atoms. The molecular formula is C14H17N3O2S. The predicted octanol–water partition coefficient (Wildman–Crippen LogP) is 1.79. The largest absolute Gasteiger partial charge is 0.399 e. The molecule has 5 nitrogen and oxygen atoms in total. The van der Waals surface area contributed by atoms with Crippen LogP contribution in [0.15, 0.2) is 47.6 Å². The van der Waals surface area contributed by atoms with Gasteiger partial charge in [0.1, 0.15) is 0 Å². The third kappa shape index (κ3) is 2.97. The highest BCUT2D eigenvalue weighted by molar-refractivity contribution is 7.89. The second-order valence-electron chi connectivity index (χ2n) is 4.64. The molecule has 0 unspecified atom stereocenters. The number of hydrogen-bond acceptors (Lipinski definition) is 4. The molecule has 1 aromatic heterocycles. The zero-order valence-electron chi connectivity index (χ0n) is 11.4. The van der Waals surface area contributed by atoms with E-state index in [1.807, 2.05) is 0 Å². The number of nitrogens with two attached hydrogens (primary N) is 1. The van der Waals surface area contributed by atoms with Gasteiger partial charge >= 0.3 is 0 Å². The predicted molar refractivity (Wildman–Crippen MR) is 78.5 cm³/mol. The van der Waals surface area contributed by atoms with E-state index in [9.17, 15) is 8.42 Å². The Bertz CT molecular complexity index is 700. The fourth-order valence-corrected chi connectivity index (χ4v) is 3.31. The van der Waals surface area contributed by atoms with E-state index in [1.54, 1.807) is 50.6 Å². The number of anilines is 1. The van der Waals surface area contributed by atoms with Crippen LogP contribution in [0.2, 0.25) is 0 Å². The summed E-state index contributed by atoms with van der Waals surface area (Å²) in [6, 6.07) is 8.48. The number of nitrogens with zero attached hydrogens (tertiary/aromatic N) is 2. The van der Waals surface area contributed by atoms with Gasteiger partial charge < -0.3 is 5.73 Å². The lowest BCUT2D eigenvalue weighted by atomic mass is 10.2. The Labute approximate surface area is 119 Å². The van der Waals surface area contributed by atoms with Crippen LogP contribution in [-0.2, 0) is 16.6 Å². The van der Waals surface area contributed by atoms with E-state index in [4.69, 9.17) is 5.73 Å². The van der Waals surface area contributed by atoms with Gasteiger partial charge in [-0.15, -0.1) is 0 Å². The van der Waals surface area contributed by atoms with Gasteiger partial charge in [-0.1, -0.05) is 6.07 Å². The first kappa shape index (κ1) is 14.5.